The molecule has 1 aliphatic rings. The van der Waals surface area contributed by atoms with Crippen molar-refractivity contribution in [2.45, 2.75) is 96.5 Å². The first-order chi connectivity index (χ1) is 11.8. The van der Waals surface area contributed by atoms with Gasteiger partial charge in [-0.2, -0.15) is 0 Å². The van der Waals surface area contributed by atoms with Crippen LogP contribution in [-0.4, -0.2) is 38.5 Å². The van der Waals surface area contributed by atoms with Gasteiger partial charge in [0.1, 0.15) is 12.7 Å². The maximum atomic E-state index is 11.0. The number of rotatable bonds is 16. The molecule has 0 aromatic carbocycles. The SMILES string of the molecule is CCCCCCCCCCCCCCCOCC1COCC(=O)O1. The molecule has 24 heavy (non-hydrogen) atoms. The van der Waals surface area contributed by atoms with E-state index in [1.54, 1.807) is 0 Å². The van der Waals surface area contributed by atoms with Crippen molar-refractivity contribution in [1.82, 2.24) is 0 Å². The molecule has 1 aliphatic heterocycles. The molecule has 0 amide bonds. The van der Waals surface area contributed by atoms with Gasteiger partial charge in [-0.15, -0.1) is 0 Å². The average Bonchev–Trinajstić information content (AvgIpc) is 2.58. The Labute approximate surface area is 148 Å². The van der Waals surface area contributed by atoms with Gasteiger partial charge in [-0.05, 0) is 6.42 Å². The third kappa shape index (κ3) is 12.8. The van der Waals surface area contributed by atoms with E-state index >= 15 is 0 Å². The maximum Gasteiger partial charge on any atom is 0.332 e. The van der Waals surface area contributed by atoms with Gasteiger partial charge < -0.3 is 14.2 Å². The molecule has 0 aliphatic carbocycles. The highest BCUT2D eigenvalue weighted by molar-refractivity contribution is 5.71. The summed E-state index contributed by atoms with van der Waals surface area (Å²) in [4.78, 5) is 11.0. The largest absolute Gasteiger partial charge is 0.456 e. The van der Waals surface area contributed by atoms with Gasteiger partial charge in [0, 0.05) is 6.61 Å². The number of carbonyl (C=O) groups is 1. The summed E-state index contributed by atoms with van der Waals surface area (Å²) in [6.45, 7) is 4.03. The number of unbranched alkanes of at least 4 members (excludes halogenated alkanes) is 12. The molecule has 1 atom stereocenters. The van der Waals surface area contributed by atoms with E-state index in [0.29, 0.717) is 13.2 Å². The second-order valence-electron chi connectivity index (χ2n) is 6.94. The summed E-state index contributed by atoms with van der Waals surface area (Å²) >= 11 is 0. The first-order valence-corrected chi connectivity index (χ1v) is 10.2. The Bertz CT molecular complexity index is 293. The lowest BCUT2D eigenvalue weighted by molar-refractivity contribution is -0.175. The molecule has 1 fully saturated rings. The topological polar surface area (TPSA) is 44.8 Å². The lowest BCUT2D eigenvalue weighted by Crippen LogP contribution is -2.36. The van der Waals surface area contributed by atoms with Crippen molar-refractivity contribution >= 4 is 5.97 Å². The van der Waals surface area contributed by atoms with Crippen molar-refractivity contribution in [3.05, 3.63) is 0 Å². The molecular weight excluding hydrogens is 304 g/mol. The molecule has 1 saturated heterocycles. The zero-order valence-corrected chi connectivity index (χ0v) is 15.7. The van der Waals surface area contributed by atoms with Crippen molar-refractivity contribution in [1.29, 1.82) is 0 Å². The van der Waals surface area contributed by atoms with Gasteiger partial charge in [0.05, 0.1) is 13.2 Å². The van der Waals surface area contributed by atoms with Crippen LogP contribution in [0.1, 0.15) is 90.4 Å². The molecule has 1 unspecified atom stereocenters. The van der Waals surface area contributed by atoms with E-state index in [2.05, 4.69) is 6.92 Å². The average molecular weight is 343 g/mol. The minimum atomic E-state index is -0.282. The van der Waals surface area contributed by atoms with Crippen LogP contribution in [0.5, 0.6) is 0 Å². The highest BCUT2D eigenvalue weighted by atomic mass is 16.6. The van der Waals surface area contributed by atoms with Crippen molar-refractivity contribution in [2.75, 3.05) is 26.4 Å². The number of carbonyl (C=O) groups excluding carboxylic acids is 1. The molecule has 142 valence electrons. The normalized spacial score (nSPS) is 17.9. The summed E-state index contributed by atoms with van der Waals surface area (Å²) in [6, 6.07) is 0. The summed E-state index contributed by atoms with van der Waals surface area (Å²) in [5, 5.41) is 0. The van der Waals surface area contributed by atoms with Crippen LogP contribution in [-0.2, 0) is 19.0 Å². The van der Waals surface area contributed by atoms with Crippen LogP contribution in [0, 0.1) is 0 Å². The van der Waals surface area contributed by atoms with Gasteiger partial charge in [0.15, 0.2) is 0 Å². The predicted molar refractivity (Wildman–Crippen MR) is 97.2 cm³/mol. The quantitative estimate of drug-likeness (QED) is 0.291. The third-order valence-electron chi connectivity index (χ3n) is 4.52. The first-order valence-electron chi connectivity index (χ1n) is 10.2. The summed E-state index contributed by atoms with van der Waals surface area (Å²) in [6.07, 6.45) is 17.4. The number of hydrogen-bond donors (Lipinski definition) is 0. The van der Waals surface area contributed by atoms with E-state index in [1.165, 1.54) is 77.0 Å². The zero-order chi connectivity index (χ0) is 17.3. The first kappa shape index (κ1) is 21.4. The fourth-order valence-corrected chi connectivity index (χ4v) is 3.05. The summed E-state index contributed by atoms with van der Waals surface area (Å²) in [5.74, 6) is -0.282. The highest BCUT2D eigenvalue weighted by Crippen LogP contribution is 2.12. The second kappa shape index (κ2) is 15.9. The van der Waals surface area contributed by atoms with Crippen LogP contribution in [0.3, 0.4) is 0 Å². The summed E-state index contributed by atoms with van der Waals surface area (Å²) in [7, 11) is 0. The van der Waals surface area contributed by atoms with E-state index in [0.717, 1.165) is 13.0 Å². The molecule has 0 aromatic heterocycles. The lowest BCUT2D eigenvalue weighted by atomic mass is 10.0. The van der Waals surface area contributed by atoms with Crippen LogP contribution in [0.25, 0.3) is 0 Å². The molecule has 0 bridgehead atoms. The number of cyclic esters (lactones) is 1. The van der Waals surface area contributed by atoms with E-state index in [9.17, 15) is 4.79 Å². The van der Waals surface area contributed by atoms with Gasteiger partial charge in [-0.1, -0.05) is 84.0 Å². The van der Waals surface area contributed by atoms with E-state index in [1.807, 2.05) is 0 Å². The Morgan fingerprint density at radius 1 is 0.875 bits per heavy atom. The Morgan fingerprint density at radius 2 is 1.42 bits per heavy atom. The molecule has 0 saturated carbocycles. The fourth-order valence-electron chi connectivity index (χ4n) is 3.05. The van der Waals surface area contributed by atoms with Gasteiger partial charge >= 0.3 is 5.97 Å². The van der Waals surface area contributed by atoms with Crippen molar-refractivity contribution < 1.29 is 19.0 Å². The van der Waals surface area contributed by atoms with Crippen molar-refractivity contribution in [2.24, 2.45) is 0 Å². The monoisotopic (exact) mass is 342 g/mol. The Morgan fingerprint density at radius 3 is 1.96 bits per heavy atom. The molecule has 0 aromatic rings. The highest BCUT2D eigenvalue weighted by Gasteiger charge is 2.20. The molecule has 0 spiro atoms. The summed E-state index contributed by atoms with van der Waals surface area (Å²) in [5.41, 5.74) is 0. The number of esters is 1. The van der Waals surface area contributed by atoms with E-state index in [4.69, 9.17) is 14.2 Å². The van der Waals surface area contributed by atoms with Gasteiger partial charge in [0.25, 0.3) is 0 Å². The molecule has 1 rings (SSSR count). The smallest absolute Gasteiger partial charge is 0.332 e. The fraction of sp³-hybridized carbons (Fsp3) is 0.950. The van der Waals surface area contributed by atoms with Crippen LogP contribution < -0.4 is 0 Å². The standard InChI is InChI=1S/C20H38O4/c1-2-3-4-5-6-7-8-9-10-11-12-13-14-15-22-16-19-17-23-18-20(21)24-19/h19H,2-18H2,1H3. The van der Waals surface area contributed by atoms with E-state index < -0.39 is 0 Å². The van der Waals surface area contributed by atoms with Crippen LogP contribution in [0.15, 0.2) is 0 Å². The van der Waals surface area contributed by atoms with Gasteiger partial charge in [-0.3, -0.25) is 0 Å². The van der Waals surface area contributed by atoms with Gasteiger partial charge in [0.2, 0.25) is 0 Å². The van der Waals surface area contributed by atoms with Crippen LogP contribution in [0.4, 0.5) is 0 Å². The third-order valence-corrected chi connectivity index (χ3v) is 4.52. The van der Waals surface area contributed by atoms with Crippen LogP contribution in [0.2, 0.25) is 0 Å². The Hall–Kier alpha value is -0.610. The molecule has 0 radical (unpaired) electrons. The lowest BCUT2D eigenvalue weighted by Gasteiger charge is -2.22. The molecule has 4 nitrogen and oxygen atoms in total. The molecule has 1 heterocycles. The van der Waals surface area contributed by atoms with Crippen LogP contribution >= 0.6 is 0 Å². The van der Waals surface area contributed by atoms with Crippen molar-refractivity contribution in [3.63, 3.8) is 0 Å². The predicted octanol–water partition coefficient (Wildman–Crippen LogP) is 5.04. The number of ether oxygens (including phenoxy) is 3. The Balaban J connectivity index is 1.71. The second-order valence-corrected chi connectivity index (χ2v) is 6.94. The zero-order valence-electron chi connectivity index (χ0n) is 15.7. The molecular formula is C20H38O4. The Kier molecular flexibility index (Phi) is 14.2. The minimum Gasteiger partial charge on any atom is -0.456 e. The van der Waals surface area contributed by atoms with Gasteiger partial charge in [-0.25, -0.2) is 4.79 Å². The maximum absolute atomic E-state index is 11.0. The number of hydrogen-bond acceptors (Lipinski definition) is 4. The summed E-state index contributed by atoms with van der Waals surface area (Å²) < 4.78 is 15.8. The van der Waals surface area contributed by atoms with Crippen molar-refractivity contribution in [3.8, 4) is 0 Å². The molecule has 4 heteroatoms. The molecule has 0 N–H and O–H groups in total. The van der Waals surface area contributed by atoms with E-state index in [-0.39, 0.29) is 18.7 Å². The minimum absolute atomic E-state index is 0.0787.